The Bertz CT molecular complexity index is 979. The van der Waals surface area contributed by atoms with Crippen molar-refractivity contribution in [2.24, 2.45) is 0 Å². The molecule has 0 aliphatic carbocycles. The molecular formula is C20H29N7O2. The molecule has 5 N–H and O–H groups in total. The Hall–Kier alpha value is -3.07. The second kappa shape index (κ2) is 8.52. The number of nitrogen functional groups attached to an aromatic ring is 1. The fourth-order valence-electron chi connectivity index (χ4n) is 2.96. The number of fused-ring (bicyclic) bond motifs is 1. The van der Waals surface area contributed by atoms with Gasteiger partial charge >= 0.3 is 0 Å². The van der Waals surface area contributed by atoms with Crippen LogP contribution in [0.3, 0.4) is 0 Å². The predicted octanol–water partition coefficient (Wildman–Crippen LogP) is 2.62. The zero-order valence-corrected chi connectivity index (χ0v) is 17.4. The minimum absolute atomic E-state index is 0.469. The lowest BCUT2D eigenvalue weighted by Crippen LogP contribution is -2.23. The van der Waals surface area contributed by atoms with E-state index in [-0.39, 0.29) is 0 Å². The van der Waals surface area contributed by atoms with Crippen LogP contribution in [0.2, 0.25) is 0 Å². The van der Waals surface area contributed by atoms with Crippen LogP contribution in [0.5, 0.6) is 5.75 Å². The zero-order valence-electron chi connectivity index (χ0n) is 17.4. The van der Waals surface area contributed by atoms with Gasteiger partial charge in [-0.2, -0.15) is 9.97 Å². The molecule has 9 nitrogen and oxygen atoms in total. The van der Waals surface area contributed by atoms with Crippen LogP contribution in [0.25, 0.3) is 11.2 Å². The van der Waals surface area contributed by atoms with Gasteiger partial charge in [0.15, 0.2) is 17.0 Å². The van der Waals surface area contributed by atoms with E-state index in [4.69, 9.17) is 10.5 Å². The summed E-state index contributed by atoms with van der Waals surface area (Å²) in [5, 5.41) is 16.4. The summed E-state index contributed by atoms with van der Waals surface area (Å²) in [5.41, 5.74) is 8.36. The van der Waals surface area contributed by atoms with Crippen molar-refractivity contribution in [1.82, 2.24) is 19.5 Å². The van der Waals surface area contributed by atoms with Crippen molar-refractivity contribution >= 4 is 28.6 Å². The molecule has 0 aliphatic rings. The lowest BCUT2D eigenvalue weighted by molar-refractivity contribution is 0.0748. The molecule has 0 spiro atoms. The van der Waals surface area contributed by atoms with Gasteiger partial charge in [-0.25, -0.2) is 4.98 Å². The monoisotopic (exact) mass is 399 g/mol. The van der Waals surface area contributed by atoms with E-state index in [1.807, 2.05) is 29.7 Å². The summed E-state index contributed by atoms with van der Waals surface area (Å²) >= 11 is 0. The molecule has 0 saturated carbocycles. The number of ether oxygens (including phenoxy) is 1. The van der Waals surface area contributed by atoms with Gasteiger partial charge in [-0.05, 0) is 38.8 Å². The molecule has 0 saturated heterocycles. The number of benzene rings is 1. The van der Waals surface area contributed by atoms with Crippen molar-refractivity contribution in [2.45, 2.75) is 45.9 Å². The lowest BCUT2D eigenvalue weighted by Gasteiger charge is -2.17. The minimum Gasteiger partial charge on any atom is -0.495 e. The molecule has 2 heterocycles. The van der Waals surface area contributed by atoms with Gasteiger partial charge in [0.2, 0.25) is 5.95 Å². The summed E-state index contributed by atoms with van der Waals surface area (Å²) in [6.45, 7) is 7.36. The molecule has 2 aromatic heterocycles. The van der Waals surface area contributed by atoms with E-state index >= 15 is 0 Å². The second-order valence-electron chi connectivity index (χ2n) is 7.47. The van der Waals surface area contributed by atoms with E-state index in [0.29, 0.717) is 48.2 Å². The molecule has 156 valence electrons. The summed E-state index contributed by atoms with van der Waals surface area (Å²) in [4.78, 5) is 13.7. The highest BCUT2D eigenvalue weighted by Crippen LogP contribution is 2.27. The number of methoxy groups -OCH3 is 1. The van der Waals surface area contributed by atoms with Crippen LogP contribution in [0.1, 0.15) is 32.8 Å². The average Bonchev–Trinajstić information content (AvgIpc) is 3.09. The van der Waals surface area contributed by atoms with Crippen LogP contribution in [0.15, 0.2) is 24.5 Å². The summed E-state index contributed by atoms with van der Waals surface area (Å²) in [5.74, 6) is 1.75. The number of para-hydroxylation sites is 1. The zero-order chi connectivity index (χ0) is 21.0. The van der Waals surface area contributed by atoms with Crippen LogP contribution in [0, 0.1) is 0 Å². The molecule has 0 amide bonds. The van der Waals surface area contributed by atoms with E-state index in [2.05, 4.69) is 25.6 Å². The van der Waals surface area contributed by atoms with Crippen molar-refractivity contribution in [1.29, 1.82) is 0 Å². The number of aliphatic hydroxyl groups is 1. The van der Waals surface area contributed by atoms with Gasteiger partial charge in [0.05, 0.1) is 24.7 Å². The Balaban J connectivity index is 1.86. The third kappa shape index (κ3) is 4.86. The highest BCUT2D eigenvalue weighted by atomic mass is 16.5. The third-order valence-electron chi connectivity index (χ3n) is 4.65. The first kappa shape index (κ1) is 20.7. The van der Waals surface area contributed by atoms with Gasteiger partial charge in [-0.15, -0.1) is 0 Å². The lowest BCUT2D eigenvalue weighted by atomic mass is 10.1. The number of aryl methyl sites for hydroxylation is 1. The summed E-state index contributed by atoms with van der Waals surface area (Å²) in [6, 6.07) is 5.67. The average molecular weight is 399 g/mol. The van der Waals surface area contributed by atoms with Gasteiger partial charge < -0.3 is 30.8 Å². The number of nitrogens with zero attached hydrogens (tertiary/aromatic N) is 4. The van der Waals surface area contributed by atoms with E-state index in [0.717, 1.165) is 17.8 Å². The highest BCUT2D eigenvalue weighted by molar-refractivity contribution is 5.84. The van der Waals surface area contributed by atoms with Crippen LogP contribution in [-0.4, -0.2) is 43.9 Å². The molecule has 3 aromatic rings. The van der Waals surface area contributed by atoms with Gasteiger partial charge in [0, 0.05) is 19.6 Å². The standard InChI is InChI=1S/C20H29N7O2/c1-5-27-12-24-16-17(23-11-13-7-6-8-14(29-4)15(13)21)25-19(26-18(16)27)22-10-9-20(2,3)28/h6-8,12,28H,5,9-11,21H2,1-4H3,(H2,22,23,25,26). The van der Waals surface area contributed by atoms with Crippen molar-refractivity contribution in [3.63, 3.8) is 0 Å². The van der Waals surface area contributed by atoms with Crippen LogP contribution >= 0.6 is 0 Å². The predicted molar refractivity (Wildman–Crippen MR) is 115 cm³/mol. The Kier molecular flexibility index (Phi) is 6.07. The second-order valence-corrected chi connectivity index (χ2v) is 7.47. The minimum atomic E-state index is -0.757. The topological polar surface area (TPSA) is 123 Å². The molecule has 0 radical (unpaired) electrons. The van der Waals surface area contributed by atoms with E-state index in [1.165, 1.54) is 0 Å². The van der Waals surface area contributed by atoms with Crippen LogP contribution in [-0.2, 0) is 13.1 Å². The van der Waals surface area contributed by atoms with Crippen LogP contribution in [0.4, 0.5) is 17.5 Å². The maximum absolute atomic E-state index is 9.92. The molecular weight excluding hydrogens is 370 g/mol. The summed E-state index contributed by atoms with van der Waals surface area (Å²) < 4.78 is 7.25. The van der Waals surface area contributed by atoms with Gasteiger partial charge in [-0.3, -0.25) is 0 Å². The number of rotatable bonds is 9. The fourth-order valence-corrected chi connectivity index (χ4v) is 2.96. The van der Waals surface area contributed by atoms with E-state index in [9.17, 15) is 5.11 Å². The summed E-state index contributed by atoms with van der Waals surface area (Å²) in [6.07, 6.45) is 2.33. The number of imidazole rings is 1. The van der Waals surface area contributed by atoms with E-state index < -0.39 is 5.60 Å². The smallest absolute Gasteiger partial charge is 0.226 e. The normalized spacial score (nSPS) is 11.6. The molecule has 3 rings (SSSR count). The number of nitrogens with two attached hydrogens (primary N) is 1. The maximum Gasteiger partial charge on any atom is 0.226 e. The Morgan fingerprint density at radius 3 is 2.72 bits per heavy atom. The Morgan fingerprint density at radius 1 is 1.24 bits per heavy atom. The maximum atomic E-state index is 9.92. The first-order chi connectivity index (χ1) is 13.8. The van der Waals surface area contributed by atoms with Crippen molar-refractivity contribution in [2.75, 3.05) is 30.0 Å². The molecule has 9 heteroatoms. The quantitative estimate of drug-likeness (QED) is 0.405. The molecule has 0 fully saturated rings. The van der Waals surface area contributed by atoms with Crippen molar-refractivity contribution in [3.05, 3.63) is 30.1 Å². The van der Waals surface area contributed by atoms with Gasteiger partial charge in [-0.1, -0.05) is 12.1 Å². The first-order valence-electron chi connectivity index (χ1n) is 9.66. The largest absolute Gasteiger partial charge is 0.495 e. The molecule has 1 aromatic carbocycles. The Labute approximate surface area is 170 Å². The third-order valence-corrected chi connectivity index (χ3v) is 4.65. The SMILES string of the molecule is CCn1cnc2c(NCc3cccc(OC)c3N)nc(NCCC(C)(C)O)nc21. The molecule has 29 heavy (non-hydrogen) atoms. The summed E-state index contributed by atoms with van der Waals surface area (Å²) in [7, 11) is 1.60. The van der Waals surface area contributed by atoms with E-state index in [1.54, 1.807) is 27.3 Å². The highest BCUT2D eigenvalue weighted by Gasteiger charge is 2.15. The van der Waals surface area contributed by atoms with Crippen LogP contribution < -0.4 is 21.1 Å². The molecule has 0 atom stereocenters. The molecule has 0 unspecified atom stereocenters. The number of aromatic nitrogens is 4. The first-order valence-corrected chi connectivity index (χ1v) is 9.66. The van der Waals surface area contributed by atoms with Crippen molar-refractivity contribution in [3.8, 4) is 5.75 Å². The Morgan fingerprint density at radius 2 is 2.03 bits per heavy atom. The van der Waals surface area contributed by atoms with Gasteiger partial charge in [0.25, 0.3) is 0 Å². The molecule has 0 aliphatic heterocycles. The number of hydrogen-bond acceptors (Lipinski definition) is 8. The number of nitrogens with one attached hydrogen (secondary N) is 2. The van der Waals surface area contributed by atoms with Crippen molar-refractivity contribution < 1.29 is 9.84 Å². The number of hydrogen-bond donors (Lipinski definition) is 4. The molecule has 0 bridgehead atoms. The fraction of sp³-hybridized carbons (Fsp3) is 0.450. The number of anilines is 3. The van der Waals surface area contributed by atoms with Gasteiger partial charge in [0.1, 0.15) is 5.75 Å².